The molecule has 3 N–H and O–H groups in total. The molecule has 8 aromatic rings. The lowest BCUT2D eigenvalue weighted by Crippen LogP contribution is -2.21. The summed E-state index contributed by atoms with van der Waals surface area (Å²) in [6.45, 7) is 16.9. The molecule has 0 bridgehead atoms. The molecule has 79 heavy (non-hydrogen) atoms. The summed E-state index contributed by atoms with van der Waals surface area (Å²) in [7, 11) is 0. The molecule has 406 valence electrons. The summed E-state index contributed by atoms with van der Waals surface area (Å²) in [5, 5.41) is 18.4. The number of hydrogen-bond donors (Lipinski definition) is 3. The number of rotatable bonds is 23. The van der Waals surface area contributed by atoms with Crippen LogP contribution in [0, 0.1) is 26.7 Å². The molecule has 0 spiro atoms. The van der Waals surface area contributed by atoms with Gasteiger partial charge in [0.15, 0.2) is 0 Å². The number of azo groups is 1. The summed E-state index contributed by atoms with van der Waals surface area (Å²) in [6, 6.07) is 51.6. The zero-order valence-corrected chi connectivity index (χ0v) is 45.7. The van der Waals surface area contributed by atoms with Crippen LogP contribution >= 0.6 is 0 Å². The van der Waals surface area contributed by atoms with Crippen molar-refractivity contribution in [2.45, 2.75) is 67.7 Å². The number of anilines is 7. The molecular formula is C63H67N9O7. The van der Waals surface area contributed by atoms with Gasteiger partial charge in [0.1, 0.15) is 17.2 Å². The van der Waals surface area contributed by atoms with Crippen LogP contribution in [0.2, 0.25) is 0 Å². The monoisotopic (exact) mass is 1060 g/mol. The first kappa shape index (κ1) is 57.3. The molecule has 16 heteroatoms. The molecule has 16 nitrogen and oxygen atoms in total. The molecule has 0 aliphatic carbocycles. The van der Waals surface area contributed by atoms with Gasteiger partial charge in [0.25, 0.3) is 0 Å². The second kappa shape index (κ2) is 29.2. The number of esters is 3. The number of ether oxygens (including phenoxy) is 4. The van der Waals surface area contributed by atoms with Crippen LogP contribution in [-0.2, 0) is 9.53 Å². The highest BCUT2D eigenvalue weighted by Crippen LogP contribution is 2.26. The number of hydrogen-bond acceptors (Lipinski definition) is 16. The Hall–Kier alpha value is -9.44. The van der Waals surface area contributed by atoms with Gasteiger partial charge in [-0.25, -0.2) is 9.59 Å². The van der Waals surface area contributed by atoms with Crippen LogP contribution in [0.3, 0.4) is 0 Å². The molecular weight excluding hydrogens is 995 g/mol. The first-order valence-electron chi connectivity index (χ1n) is 26.4. The van der Waals surface area contributed by atoms with Gasteiger partial charge >= 0.3 is 17.9 Å². The summed E-state index contributed by atoms with van der Waals surface area (Å²) in [5.74, 6) is 1.29. The van der Waals surface area contributed by atoms with Crippen molar-refractivity contribution in [3.63, 3.8) is 0 Å². The van der Waals surface area contributed by atoms with Crippen molar-refractivity contribution in [2.24, 2.45) is 16.1 Å². The smallest absolute Gasteiger partial charge is 0.343 e. The number of carbonyl (C=O) groups excluding carboxylic acids is 3. The lowest BCUT2D eigenvalue weighted by molar-refractivity contribution is -0.148. The minimum Gasteiger partial charge on any atom is -0.494 e. The Morgan fingerprint density at radius 1 is 0.506 bits per heavy atom. The molecule has 1 heterocycles. The Kier molecular flexibility index (Phi) is 21.2. The molecule has 0 fully saturated rings. The average Bonchev–Trinajstić information content (AvgIpc) is 3.46. The van der Waals surface area contributed by atoms with Crippen molar-refractivity contribution in [3.8, 4) is 17.2 Å². The summed E-state index contributed by atoms with van der Waals surface area (Å²) in [6.07, 6.45) is 2.20. The van der Waals surface area contributed by atoms with Crippen LogP contribution in [0.25, 0.3) is 0 Å². The van der Waals surface area contributed by atoms with E-state index in [-0.39, 0.29) is 17.6 Å². The van der Waals surface area contributed by atoms with E-state index in [1.165, 1.54) is 24.3 Å². The number of benzene rings is 7. The highest BCUT2D eigenvalue weighted by molar-refractivity contribution is 5.93. The molecule has 0 aliphatic rings. The van der Waals surface area contributed by atoms with Crippen LogP contribution in [0.5, 0.6) is 17.2 Å². The number of aromatic nitrogens is 3. The van der Waals surface area contributed by atoms with Gasteiger partial charge in [-0.3, -0.25) is 4.79 Å². The van der Waals surface area contributed by atoms with Crippen molar-refractivity contribution < 1.29 is 33.3 Å². The van der Waals surface area contributed by atoms with E-state index >= 15 is 0 Å². The number of nitrogens with zero attached hydrogens (tertiary/aromatic N) is 6. The van der Waals surface area contributed by atoms with Gasteiger partial charge in [-0.15, -0.1) is 0 Å². The fraction of sp³-hybridized carbons (Fsp3) is 0.238. The first-order chi connectivity index (χ1) is 38.3. The summed E-state index contributed by atoms with van der Waals surface area (Å²) in [4.78, 5) is 53.0. The Morgan fingerprint density at radius 2 is 0.899 bits per heavy atom. The Labute approximate surface area is 462 Å². The summed E-state index contributed by atoms with van der Waals surface area (Å²) in [5.41, 5.74) is 9.39. The normalized spacial score (nSPS) is 11.1. The molecule has 7 aromatic carbocycles. The predicted octanol–water partition coefficient (Wildman–Crippen LogP) is 15.2. The van der Waals surface area contributed by atoms with E-state index < -0.39 is 11.9 Å². The van der Waals surface area contributed by atoms with E-state index in [0.717, 1.165) is 71.1 Å². The maximum Gasteiger partial charge on any atom is 0.343 e. The Bertz CT molecular complexity index is 3120. The lowest BCUT2D eigenvalue weighted by atomic mass is 10.1. The SMILES string of the molecule is CCC(C)C(=O)OCCCCOc1ccc(C(=O)Oc2ccc(C(=O)Oc3ccc(N=Nc4ccc(N(CC)CC)cc4)cc3)cc2)cc1.Cc1cccc(Nc2nc(Nc3cccc(C)c3)nc(Nc3cccc(C)c3)n2)c1. The number of carbonyl (C=O) groups is 3. The van der Waals surface area contributed by atoms with E-state index in [1.54, 1.807) is 48.5 Å². The Morgan fingerprint density at radius 3 is 1.30 bits per heavy atom. The van der Waals surface area contributed by atoms with Gasteiger partial charge in [0.05, 0.1) is 41.6 Å². The molecule has 8 rings (SSSR count). The minimum absolute atomic E-state index is 0.0854. The second-order valence-electron chi connectivity index (χ2n) is 18.5. The molecule has 0 saturated heterocycles. The van der Waals surface area contributed by atoms with Gasteiger partial charge in [-0.2, -0.15) is 25.2 Å². The standard InChI is InChI=1S/C39H43N3O7.C24H24N6/c1-5-28(4)37(43)47-27-9-8-26-46-34-20-10-29(11-21-34)38(44)48-35-22-12-30(13-23-35)39(45)49-36-24-16-32(17-25-36)41-40-31-14-18-33(19-15-31)42(6-2)7-3;1-16-7-4-10-19(13-16)25-22-28-23(26-20-11-5-8-17(2)14-20)30-24(29-22)27-21-12-6-9-18(3)15-21/h10-25,28H,5-9,26-27H2,1-4H3;4-15H,1-3H3,(H3,25,26,27,28,29,30). The maximum atomic E-state index is 12.7. The van der Waals surface area contributed by atoms with E-state index in [2.05, 4.69) is 59.9 Å². The predicted molar refractivity (Wildman–Crippen MR) is 312 cm³/mol. The maximum absolute atomic E-state index is 12.7. The molecule has 0 aliphatic heterocycles. The fourth-order valence-electron chi connectivity index (χ4n) is 7.67. The van der Waals surface area contributed by atoms with Gasteiger partial charge in [-0.1, -0.05) is 50.2 Å². The molecule has 0 amide bonds. The van der Waals surface area contributed by atoms with Crippen LogP contribution in [0.1, 0.15) is 84.4 Å². The van der Waals surface area contributed by atoms with Gasteiger partial charge in [-0.05, 0) is 204 Å². The van der Waals surface area contributed by atoms with Gasteiger partial charge in [0.2, 0.25) is 17.8 Å². The Balaban J connectivity index is 0.000000256. The van der Waals surface area contributed by atoms with Crippen molar-refractivity contribution in [1.82, 2.24) is 15.0 Å². The summed E-state index contributed by atoms with van der Waals surface area (Å²) < 4.78 is 21.9. The molecule has 1 unspecified atom stereocenters. The molecule has 1 atom stereocenters. The van der Waals surface area contributed by atoms with Crippen molar-refractivity contribution in [2.75, 3.05) is 47.2 Å². The summed E-state index contributed by atoms with van der Waals surface area (Å²) >= 11 is 0. The quantitative estimate of drug-likeness (QED) is 0.0237. The fourth-order valence-corrected chi connectivity index (χ4v) is 7.67. The molecule has 0 radical (unpaired) electrons. The van der Waals surface area contributed by atoms with E-state index in [9.17, 15) is 14.4 Å². The molecule has 1 aromatic heterocycles. The third-order valence-electron chi connectivity index (χ3n) is 12.2. The van der Waals surface area contributed by atoms with Crippen molar-refractivity contribution in [1.29, 1.82) is 0 Å². The van der Waals surface area contributed by atoms with Crippen LogP contribution < -0.4 is 35.1 Å². The van der Waals surface area contributed by atoms with E-state index in [1.807, 2.05) is 132 Å². The van der Waals surface area contributed by atoms with Crippen LogP contribution in [0.4, 0.5) is 52.0 Å². The number of unbranched alkanes of at least 4 members (excludes halogenated alkanes) is 1. The van der Waals surface area contributed by atoms with Crippen LogP contribution in [0.15, 0.2) is 180 Å². The van der Waals surface area contributed by atoms with Crippen molar-refractivity contribution >= 4 is 69.9 Å². The highest BCUT2D eigenvalue weighted by Gasteiger charge is 2.15. The van der Waals surface area contributed by atoms with Gasteiger partial charge < -0.3 is 39.8 Å². The second-order valence-corrected chi connectivity index (χ2v) is 18.5. The largest absolute Gasteiger partial charge is 0.494 e. The van der Waals surface area contributed by atoms with E-state index in [0.29, 0.717) is 65.8 Å². The van der Waals surface area contributed by atoms with Crippen LogP contribution in [-0.4, -0.2) is 59.2 Å². The average molecular weight is 1060 g/mol. The zero-order chi connectivity index (χ0) is 55.9. The van der Waals surface area contributed by atoms with E-state index in [4.69, 9.17) is 18.9 Å². The van der Waals surface area contributed by atoms with Crippen molar-refractivity contribution in [3.05, 3.63) is 198 Å². The third-order valence-corrected chi connectivity index (χ3v) is 12.2. The third kappa shape index (κ3) is 18.4. The van der Waals surface area contributed by atoms with Gasteiger partial charge in [0, 0.05) is 35.8 Å². The zero-order valence-electron chi connectivity index (χ0n) is 45.7. The topological polar surface area (TPSA) is 191 Å². The minimum atomic E-state index is -0.553. The number of nitrogens with one attached hydrogen (secondary N) is 3. The number of aryl methyl sites for hydroxylation is 3. The first-order valence-corrected chi connectivity index (χ1v) is 26.4. The molecule has 0 saturated carbocycles. The highest BCUT2D eigenvalue weighted by atomic mass is 16.5. The lowest BCUT2D eigenvalue weighted by Gasteiger charge is -2.20.